The molecule has 0 saturated carbocycles. The summed E-state index contributed by atoms with van der Waals surface area (Å²) in [5, 5.41) is 3.03. The number of amides is 2. The maximum absolute atomic E-state index is 13.7. The zero-order valence-electron chi connectivity index (χ0n) is 23.0. The van der Waals surface area contributed by atoms with Crippen molar-refractivity contribution in [3.05, 3.63) is 89.7 Å². The van der Waals surface area contributed by atoms with Gasteiger partial charge in [0, 0.05) is 63.8 Å². The Bertz CT molecular complexity index is 1320. The number of likely N-dealkylation sites (N-methyl/N-ethyl adjacent to an activating group) is 1. The van der Waals surface area contributed by atoms with Gasteiger partial charge in [-0.2, -0.15) is 0 Å². The summed E-state index contributed by atoms with van der Waals surface area (Å²) < 4.78 is 19.7. The molecule has 0 aromatic heterocycles. The van der Waals surface area contributed by atoms with E-state index in [4.69, 9.17) is 4.74 Å². The highest BCUT2D eigenvalue weighted by atomic mass is 19.1. The molecule has 1 atom stereocenters. The monoisotopic (exact) mass is 544 g/mol. The molecular formula is C32H37FN4O3. The molecule has 3 aromatic carbocycles. The number of hydrogen-bond donors (Lipinski definition) is 1. The summed E-state index contributed by atoms with van der Waals surface area (Å²) in [6.45, 7) is 5.91. The zero-order valence-corrected chi connectivity index (χ0v) is 23.0. The van der Waals surface area contributed by atoms with Crippen LogP contribution in [0.2, 0.25) is 0 Å². The van der Waals surface area contributed by atoms with E-state index in [2.05, 4.69) is 34.3 Å². The number of carbonyl (C=O) groups is 2. The maximum Gasteiger partial charge on any atom is 0.253 e. The van der Waals surface area contributed by atoms with E-state index in [0.29, 0.717) is 31.7 Å². The van der Waals surface area contributed by atoms with E-state index in [1.54, 1.807) is 6.07 Å². The maximum atomic E-state index is 13.7. The Morgan fingerprint density at radius 1 is 1.00 bits per heavy atom. The van der Waals surface area contributed by atoms with Gasteiger partial charge in [-0.15, -0.1) is 0 Å². The van der Waals surface area contributed by atoms with Crippen molar-refractivity contribution in [3.63, 3.8) is 0 Å². The Morgan fingerprint density at radius 2 is 1.75 bits per heavy atom. The van der Waals surface area contributed by atoms with Crippen molar-refractivity contribution in [2.24, 2.45) is 0 Å². The van der Waals surface area contributed by atoms with Gasteiger partial charge in [0.05, 0.1) is 0 Å². The number of piperazine rings is 1. The van der Waals surface area contributed by atoms with Crippen LogP contribution in [0.15, 0.2) is 72.8 Å². The van der Waals surface area contributed by atoms with Crippen LogP contribution in [0.25, 0.3) is 11.1 Å². The molecule has 210 valence electrons. The zero-order chi connectivity index (χ0) is 27.9. The minimum Gasteiger partial charge on any atom is -0.492 e. The molecule has 2 aliphatic rings. The van der Waals surface area contributed by atoms with Crippen molar-refractivity contribution in [1.29, 1.82) is 0 Å². The molecule has 5 rings (SSSR count). The van der Waals surface area contributed by atoms with Gasteiger partial charge in [0.25, 0.3) is 5.91 Å². The van der Waals surface area contributed by atoms with Crippen molar-refractivity contribution in [3.8, 4) is 16.9 Å². The average Bonchev–Trinajstić information content (AvgIpc) is 3.37. The summed E-state index contributed by atoms with van der Waals surface area (Å²) in [6, 6.07) is 22.3. The van der Waals surface area contributed by atoms with Crippen LogP contribution in [0.4, 0.5) is 4.39 Å². The molecule has 2 aliphatic heterocycles. The Morgan fingerprint density at radius 3 is 2.50 bits per heavy atom. The predicted molar refractivity (Wildman–Crippen MR) is 154 cm³/mol. The topological polar surface area (TPSA) is 65.1 Å². The smallest absolute Gasteiger partial charge is 0.253 e. The molecule has 1 N–H and O–H groups in total. The number of rotatable bonds is 10. The number of carbonyl (C=O) groups excluding carboxylic acids is 2. The third-order valence-electron chi connectivity index (χ3n) is 7.57. The SMILES string of the molecule is CN(Cc1cccc(OCCN2CCN(C(=O)c3cccc(-c4cccc(F)c4)c3)CC2)c1)CC1CCC(=O)N1. The number of benzene rings is 3. The lowest BCUT2D eigenvalue weighted by molar-refractivity contribution is -0.119. The van der Waals surface area contributed by atoms with Gasteiger partial charge in [-0.25, -0.2) is 4.39 Å². The van der Waals surface area contributed by atoms with E-state index in [-0.39, 0.29) is 23.7 Å². The van der Waals surface area contributed by atoms with Crippen molar-refractivity contribution in [2.75, 3.05) is 52.9 Å². The van der Waals surface area contributed by atoms with E-state index in [9.17, 15) is 14.0 Å². The van der Waals surface area contributed by atoms with Gasteiger partial charge in [-0.3, -0.25) is 14.5 Å². The molecule has 1 unspecified atom stereocenters. The molecule has 3 aromatic rings. The van der Waals surface area contributed by atoms with E-state index in [0.717, 1.165) is 56.0 Å². The Kier molecular flexibility index (Phi) is 9.08. The van der Waals surface area contributed by atoms with Crippen LogP contribution in [0, 0.1) is 5.82 Å². The largest absolute Gasteiger partial charge is 0.492 e. The quantitative estimate of drug-likeness (QED) is 0.418. The first-order chi connectivity index (χ1) is 19.4. The summed E-state index contributed by atoms with van der Waals surface area (Å²) in [5.41, 5.74) is 3.39. The van der Waals surface area contributed by atoms with Gasteiger partial charge >= 0.3 is 0 Å². The van der Waals surface area contributed by atoms with Crippen LogP contribution in [0.1, 0.15) is 28.8 Å². The van der Waals surface area contributed by atoms with Gasteiger partial charge < -0.3 is 19.9 Å². The number of hydrogen-bond acceptors (Lipinski definition) is 5. The third-order valence-corrected chi connectivity index (χ3v) is 7.57. The summed E-state index contributed by atoms with van der Waals surface area (Å²) >= 11 is 0. The van der Waals surface area contributed by atoms with E-state index in [1.165, 1.54) is 17.7 Å². The second kappa shape index (κ2) is 13.1. The van der Waals surface area contributed by atoms with Crippen molar-refractivity contribution < 1.29 is 18.7 Å². The minimum atomic E-state index is -0.290. The van der Waals surface area contributed by atoms with Crippen LogP contribution in [-0.4, -0.2) is 85.5 Å². The Balaban J connectivity index is 1.05. The lowest BCUT2D eigenvalue weighted by Crippen LogP contribution is -2.49. The molecule has 2 saturated heterocycles. The van der Waals surface area contributed by atoms with Crippen LogP contribution in [-0.2, 0) is 11.3 Å². The number of halogens is 1. The summed E-state index contributed by atoms with van der Waals surface area (Å²) in [6.07, 6.45) is 1.53. The summed E-state index contributed by atoms with van der Waals surface area (Å²) in [5.74, 6) is 0.717. The first-order valence-electron chi connectivity index (χ1n) is 14.0. The molecule has 40 heavy (non-hydrogen) atoms. The Labute approximate surface area is 235 Å². The van der Waals surface area contributed by atoms with Gasteiger partial charge in [0.15, 0.2) is 0 Å². The fourth-order valence-corrected chi connectivity index (χ4v) is 5.45. The number of ether oxygens (including phenoxy) is 1. The van der Waals surface area contributed by atoms with E-state index >= 15 is 0 Å². The first-order valence-corrected chi connectivity index (χ1v) is 14.0. The number of nitrogens with zero attached hydrogens (tertiary/aromatic N) is 3. The lowest BCUT2D eigenvalue weighted by atomic mass is 10.0. The average molecular weight is 545 g/mol. The molecule has 2 heterocycles. The van der Waals surface area contributed by atoms with Gasteiger partial charge in [0.2, 0.25) is 5.91 Å². The van der Waals surface area contributed by atoms with Crippen molar-refractivity contribution in [2.45, 2.75) is 25.4 Å². The van der Waals surface area contributed by atoms with Gasteiger partial charge in [-0.1, -0.05) is 36.4 Å². The molecule has 2 amide bonds. The normalized spacial score (nSPS) is 17.7. The molecule has 0 aliphatic carbocycles. The fourth-order valence-electron chi connectivity index (χ4n) is 5.45. The second-order valence-corrected chi connectivity index (χ2v) is 10.7. The minimum absolute atomic E-state index is 0.00579. The van der Waals surface area contributed by atoms with Crippen LogP contribution in [0.5, 0.6) is 5.75 Å². The van der Waals surface area contributed by atoms with Crippen molar-refractivity contribution >= 4 is 11.8 Å². The highest BCUT2D eigenvalue weighted by molar-refractivity contribution is 5.95. The summed E-state index contributed by atoms with van der Waals surface area (Å²) in [7, 11) is 2.07. The number of nitrogens with one attached hydrogen (secondary N) is 1. The molecular weight excluding hydrogens is 507 g/mol. The predicted octanol–water partition coefficient (Wildman–Crippen LogP) is 4.04. The van der Waals surface area contributed by atoms with Crippen molar-refractivity contribution in [1.82, 2.24) is 20.0 Å². The molecule has 0 radical (unpaired) electrons. The highest BCUT2D eigenvalue weighted by Gasteiger charge is 2.23. The molecule has 8 heteroatoms. The van der Waals surface area contributed by atoms with Crippen LogP contribution >= 0.6 is 0 Å². The fraction of sp³-hybridized carbons (Fsp3) is 0.375. The second-order valence-electron chi connectivity index (χ2n) is 10.7. The molecule has 0 spiro atoms. The first kappa shape index (κ1) is 27.8. The summed E-state index contributed by atoms with van der Waals surface area (Å²) in [4.78, 5) is 31.0. The molecule has 7 nitrogen and oxygen atoms in total. The van der Waals surface area contributed by atoms with Crippen LogP contribution < -0.4 is 10.1 Å². The van der Waals surface area contributed by atoms with E-state index < -0.39 is 0 Å². The third kappa shape index (κ3) is 7.46. The molecule has 2 fully saturated rings. The Hall–Kier alpha value is -3.75. The van der Waals surface area contributed by atoms with Crippen LogP contribution in [0.3, 0.4) is 0 Å². The highest BCUT2D eigenvalue weighted by Crippen LogP contribution is 2.22. The standard InChI is InChI=1S/C32H37FN4O3/c1-35(23-29-11-12-31(38)34-29)22-24-5-2-10-30(19-24)40-18-17-36-13-15-37(16-14-36)32(39)27-8-3-6-25(20-27)26-7-4-9-28(33)21-26/h2-10,19-21,29H,11-18,22-23H2,1H3,(H,34,38). The van der Waals surface area contributed by atoms with Gasteiger partial charge in [0.1, 0.15) is 18.2 Å². The molecule has 0 bridgehead atoms. The van der Waals surface area contributed by atoms with Gasteiger partial charge in [-0.05, 0) is 66.6 Å². The van der Waals surface area contributed by atoms with E-state index in [1.807, 2.05) is 47.4 Å². The lowest BCUT2D eigenvalue weighted by Gasteiger charge is -2.34.